The zero-order valence-corrected chi connectivity index (χ0v) is 18.8. The van der Waals surface area contributed by atoms with Crippen molar-refractivity contribution in [2.45, 2.75) is 25.9 Å². The van der Waals surface area contributed by atoms with Crippen molar-refractivity contribution in [1.82, 2.24) is 14.9 Å². The number of nitrogens with one attached hydrogen (secondary N) is 1. The lowest BCUT2D eigenvalue weighted by molar-refractivity contribution is -0.125. The normalized spacial score (nSPS) is 14.5. The number of anilines is 1. The van der Waals surface area contributed by atoms with Gasteiger partial charge in [0.05, 0.1) is 17.6 Å². The number of imidazole rings is 1. The standard InChI is InChI=1S/C27H26F2N4O/c28-22-8-5-6-19(16-22)18-33-25-11-4-3-10-24(25)31-27(33)32-14-12-20(13-15-32)26(34)30-17-21-7-1-2-9-23(21)29/h1-11,16,20H,12-15,17-18H2,(H,30,34). The number of fused-ring (bicyclic) bond motifs is 1. The number of halogens is 2. The van der Waals surface area contributed by atoms with Gasteiger partial charge >= 0.3 is 0 Å². The number of carbonyl (C=O) groups is 1. The number of benzene rings is 3. The van der Waals surface area contributed by atoms with Crippen LogP contribution in [0.15, 0.2) is 72.8 Å². The predicted molar refractivity (Wildman–Crippen MR) is 128 cm³/mol. The highest BCUT2D eigenvalue weighted by Crippen LogP contribution is 2.28. The molecule has 0 atom stereocenters. The van der Waals surface area contributed by atoms with Crippen LogP contribution in [0, 0.1) is 17.6 Å². The van der Waals surface area contributed by atoms with Crippen LogP contribution in [0.4, 0.5) is 14.7 Å². The number of nitrogens with zero attached hydrogens (tertiary/aromatic N) is 3. The van der Waals surface area contributed by atoms with Crippen molar-refractivity contribution in [1.29, 1.82) is 0 Å². The number of amides is 1. The lowest BCUT2D eigenvalue weighted by Crippen LogP contribution is -2.41. The molecule has 4 aromatic rings. The van der Waals surface area contributed by atoms with Crippen molar-refractivity contribution < 1.29 is 13.6 Å². The average molecular weight is 461 g/mol. The van der Waals surface area contributed by atoms with Crippen LogP contribution in [0.3, 0.4) is 0 Å². The molecule has 0 saturated carbocycles. The van der Waals surface area contributed by atoms with E-state index in [0.717, 1.165) is 22.5 Å². The second-order valence-electron chi connectivity index (χ2n) is 8.69. The largest absolute Gasteiger partial charge is 0.352 e. The number of para-hydroxylation sites is 2. The summed E-state index contributed by atoms with van der Waals surface area (Å²) in [4.78, 5) is 19.8. The fourth-order valence-electron chi connectivity index (χ4n) is 4.59. The fourth-order valence-corrected chi connectivity index (χ4v) is 4.59. The summed E-state index contributed by atoms with van der Waals surface area (Å²) < 4.78 is 29.7. The maximum atomic E-state index is 13.8. The first kappa shape index (κ1) is 22.1. The van der Waals surface area contributed by atoms with E-state index in [1.807, 2.05) is 30.3 Å². The van der Waals surface area contributed by atoms with Crippen molar-refractivity contribution in [3.8, 4) is 0 Å². The molecule has 0 aliphatic carbocycles. The van der Waals surface area contributed by atoms with Gasteiger partial charge in [0.15, 0.2) is 0 Å². The van der Waals surface area contributed by atoms with Crippen molar-refractivity contribution >= 4 is 22.9 Å². The van der Waals surface area contributed by atoms with Gasteiger partial charge in [0.25, 0.3) is 0 Å². The third-order valence-electron chi connectivity index (χ3n) is 6.42. The number of carbonyl (C=O) groups excluding carboxylic acids is 1. The first-order chi connectivity index (χ1) is 16.6. The van der Waals surface area contributed by atoms with Gasteiger partial charge in [-0.3, -0.25) is 4.79 Å². The van der Waals surface area contributed by atoms with Gasteiger partial charge in [0.1, 0.15) is 11.6 Å². The first-order valence-electron chi connectivity index (χ1n) is 11.5. The molecule has 0 unspecified atom stereocenters. The second kappa shape index (κ2) is 9.63. The minimum atomic E-state index is -0.310. The van der Waals surface area contributed by atoms with Crippen LogP contribution in [0.2, 0.25) is 0 Å². The van der Waals surface area contributed by atoms with Crippen molar-refractivity contribution in [3.63, 3.8) is 0 Å². The Morgan fingerprint density at radius 3 is 2.53 bits per heavy atom. The molecule has 2 heterocycles. The Bertz CT molecular complexity index is 1310. The molecular weight excluding hydrogens is 434 g/mol. The SMILES string of the molecule is O=C(NCc1ccccc1F)C1CCN(c2nc3ccccc3n2Cc2cccc(F)c2)CC1. The van der Waals surface area contributed by atoms with E-state index < -0.39 is 0 Å². The Morgan fingerprint density at radius 1 is 0.971 bits per heavy atom. The summed E-state index contributed by atoms with van der Waals surface area (Å²) in [5, 5.41) is 2.88. The molecule has 0 bridgehead atoms. The monoisotopic (exact) mass is 460 g/mol. The molecule has 174 valence electrons. The Morgan fingerprint density at radius 2 is 1.74 bits per heavy atom. The van der Waals surface area contributed by atoms with Crippen LogP contribution in [-0.2, 0) is 17.9 Å². The minimum absolute atomic E-state index is 0.0452. The Hall–Kier alpha value is -3.74. The van der Waals surface area contributed by atoms with E-state index in [9.17, 15) is 13.6 Å². The molecule has 5 nitrogen and oxygen atoms in total. The van der Waals surface area contributed by atoms with Crippen molar-refractivity contribution in [3.05, 3.63) is 95.6 Å². The van der Waals surface area contributed by atoms with Crippen LogP contribution < -0.4 is 10.2 Å². The van der Waals surface area contributed by atoms with E-state index in [1.165, 1.54) is 12.1 Å². The molecule has 1 aliphatic rings. The zero-order chi connectivity index (χ0) is 23.5. The smallest absolute Gasteiger partial charge is 0.223 e. The molecule has 3 aromatic carbocycles. The lowest BCUT2D eigenvalue weighted by Gasteiger charge is -2.32. The molecule has 5 rings (SSSR count). The van der Waals surface area contributed by atoms with Crippen LogP contribution in [-0.4, -0.2) is 28.5 Å². The number of piperidine rings is 1. The Balaban J connectivity index is 1.29. The molecule has 7 heteroatoms. The highest BCUT2D eigenvalue weighted by molar-refractivity contribution is 5.80. The second-order valence-corrected chi connectivity index (χ2v) is 8.69. The van der Waals surface area contributed by atoms with Crippen LogP contribution in [0.25, 0.3) is 11.0 Å². The molecule has 1 fully saturated rings. The van der Waals surface area contributed by atoms with E-state index in [1.54, 1.807) is 30.3 Å². The van der Waals surface area contributed by atoms with E-state index in [4.69, 9.17) is 4.98 Å². The van der Waals surface area contributed by atoms with E-state index >= 15 is 0 Å². The quantitative estimate of drug-likeness (QED) is 0.446. The highest BCUT2D eigenvalue weighted by atomic mass is 19.1. The summed E-state index contributed by atoms with van der Waals surface area (Å²) in [6.45, 7) is 2.07. The third kappa shape index (κ3) is 4.64. The van der Waals surface area contributed by atoms with Gasteiger partial charge in [-0.25, -0.2) is 13.8 Å². The van der Waals surface area contributed by atoms with Gasteiger partial charge in [-0.1, -0.05) is 42.5 Å². The molecule has 0 radical (unpaired) electrons. The van der Waals surface area contributed by atoms with Crippen LogP contribution in [0.5, 0.6) is 0 Å². The summed E-state index contributed by atoms with van der Waals surface area (Å²) in [6, 6.07) is 21.0. The average Bonchev–Trinajstić information content (AvgIpc) is 3.22. The molecule has 1 N–H and O–H groups in total. The van der Waals surface area contributed by atoms with E-state index in [2.05, 4.69) is 14.8 Å². The van der Waals surface area contributed by atoms with Gasteiger partial charge in [0.2, 0.25) is 11.9 Å². The van der Waals surface area contributed by atoms with Crippen molar-refractivity contribution in [2.24, 2.45) is 5.92 Å². The number of aromatic nitrogens is 2. The maximum Gasteiger partial charge on any atom is 0.223 e. The predicted octanol–water partition coefficient (Wildman–Crippen LogP) is 4.90. The fraction of sp³-hybridized carbons (Fsp3) is 0.259. The summed E-state index contributed by atoms with van der Waals surface area (Å²) in [7, 11) is 0. The maximum absolute atomic E-state index is 13.8. The number of hydrogen-bond donors (Lipinski definition) is 1. The molecule has 34 heavy (non-hydrogen) atoms. The molecule has 1 aromatic heterocycles. The Labute approximate surface area is 197 Å². The summed E-state index contributed by atoms with van der Waals surface area (Å²) in [6.07, 6.45) is 1.37. The van der Waals surface area contributed by atoms with Crippen LogP contribution >= 0.6 is 0 Å². The van der Waals surface area contributed by atoms with E-state index in [-0.39, 0.29) is 30.0 Å². The zero-order valence-electron chi connectivity index (χ0n) is 18.8. The van der Waals surface area contributed by atoms with Gasteiger partial charge in [0, 0.05) is 31.1 Å². The summed E-state index contributed by atoms with van der Waals surface area (Å²) in [5.41, 5.74) is 3.23. The van der Waals surface area contributed by atoms with Gasteiger partial charge in [-0.05, 0) is 48.7 Å². The van der Waals surface area contributed by atoms with Crippen molar-refractivity contribution in [2.75, 3.05) is 18.0 Å². The minimum Gasteiger partial charge on any atom is -0.352 e. The first-order valence-corrected chi connectivity index (χ1v) is 11.5. The molecular formula is C27H26F2N4O. The van der Waals surface area contributed by atoms with Gasteiger partial charge < -0.3 is 14.8 Å². The molecule has 1 aliphatic heterocycles. The lowest BCUT2D eigenvalue weighted by atomic mass is 9.96. The number of rotatable bonds is 6. The molecule has 0 spiro atoms. The number of hydrogen-bond acceptors (Lipinski definition) is 3. The Kier molecular flexibility index (Phi) is 6.25. The molecule has 1 amide bonds. The van der Waals surface area contributed by atoms with Crippen LogP contribution in [0.1, 0.15) is 24.0 Å². The third-order valence-corrected chi connectivity index (χ3v) is 6.42. The summed E-state index contributed by atoms with van der Waals surface area (Å²) in [5.74, 6) is 0.0939. The van der Waals surface area contributed by atoms with E-state index in [0.29, 0.717) is 38.0 Å². The van der Waals surface area contributed by atoms with Gasteiger partial charge in [-0.2, -0.15) is 0 Å². The highest BCUT2D eigenvalue weighted by Gasteiger charge is 2.27. The van der Waals surface area contributed by atoms with Gasteiger partial charge in [-0.15, -0.1) is 0 Å². The summed E-state index contributed by atoms with van der Waals surface area (Å²) >= 11 is 0. The molecule has 1 saturated heterocycles. The topological polar surface area (TPSA) is 50.2 Å².